The molecule has 0 saturated heterocycles. The van der Waals surface area contributed by atoms with Gasteiger partial charge in [0.1, 0.15) is 5.82 Å². The molecule has 1 aliphatic heterocycles. The largest absolute Gasteiger partial charge is 0.454 e. The first-order valence-corrected chi connectivity index (χ1v) is 7.34. The zero-order valence-corrected chi connectivity index (χ0v) is 11.7. The predicted molar refractivity (Wildman–Crippen MR) is 79.2 cm³/mol. The summed E-state index contributed by atoms with van der Waals surface area (Å²) in [5.74, 6) is 3.21. The zero-order chi connectivity index (χ0) is 14.2. The molecule has 0 spiro atoms. The molecule has 108 valence electrons. The monoisotopic (exact) mass is 283 g/mol. The van der Waals surface area contributed by atoms with E-state index in [1.807, 2.05) is 24.3 Å². The standard InChI is InChI=1S/C16H17N3O2/c17-15-8-12(10-3-1-2-4-10)18-16(19-15)11-5-6-13-14(7-11)21-9-20-13/h5-8,10H,1-4,9H2,(H2,17,18,19). The second kappa shape index (κ2) is 4.91. The van der Waals surface area contributed by atoms with Crippen LogP contribution in [0.4, 0.5) is 5.82 Å². The van der Waals surface area contributed by atoms with Crippen LogP contribution in [0.15, 0.2) is 24.3 Å². The van der Waals surface area contributed by atoms with Gasteiger partial charge in [-0.25, -0.2) is 9.97 Å². The van der Waals surface area contributed by atoms with Gasteiger partial charge < -0.3 is 15.2 Å². The Bertz CT molecular complexity index is 681. The number of nitrogens with zero attached hydrogens (tertiary/aromatic N) is 2. The van der Waals surface area contributed by atoms with Gasteiger partial charge in [-0.3, -0.25) is 0 Å². The maximum Gasteiger partial charge on any atom is 0.231 e. The fourth-order valence-electron chi connectivity index (χ4n) is 3.08. The molecule has 2 aromatic rings. The van der Waals surface area contributed by atoms with Crippen LogP contribution in [0, 0.1) is 0 Å². The molecule has 1 fully saturated rings. The van der Waals surface area contributed by atoms with Crippen LogP contribution in [-0.2, 0) is 0 Å². The highest BCUT2D eigenvalue weighted by atomic mass is 16.7. The smallest absolute Gasteiger partial charge is 0.231 e. The quantitative estimate of drug-likeness (QED) is 0.917. The first-order chi connectivity index (χ1) is 10.3. The van der Waals surface area contributed by atoms with Crippen LogP contribution >= 0.6 is 0 Å². The number of aromatic nitrogens is 2. The number of rotatable bonds is 2. The van der Waals surface area contributed by atoms with Gasteiger partial charge in [0.15, 0.2) is 17.3 Å². The van der Waals surface area contributed by atoms with Crippen molar-refractivity contribution in [2.75, 3.05) is 12.5 Å². The van der Waals surface area contributed by atoms with E-state index in [1.54, 1.807) is 0 Å². The van der Waals surface area contributed by atoms with E-state index >= 15 is 0 Å². The van der Waals surface area contributed by atoms with Crippen LogP contribution in [-0.4, -0.2) is 16.8 Å². The van der Waals surface area contributed by atoms with Crippen LogP contribution in [0.25, 0.3) is 11.4 Å². The molecule has 0 atom stereocenters. The molecule has 0 bridgehead atoms. The minimum atomic E-state index is 0.268. The van der Waals surface area contributed by atoms with Crippen molar-refractivity contribution in [1.29, 1.82) is 0 Å². The van der Waals surface area contributed by atoms with Crippen molar-refractivity contribution in [3.63, 3.8) is 0 Å². The highest BCUT2D eigenvalue weighted by Crippen LogP contribution is 2.37. The van der Waals surface area contributed by atoms with Crippen molar-refractivity contribution in [2.45, 2.75) is 31.6 Å². The Labute approximate surface area is 123 Å². The first-order valence-electron chi connectivity index (χ1n) is 7.34. The molecule has 4 rings (SSSR count). The third kappa shape index (κ3) is 2.28. The minimum absolute atomic E-state index is 0.268. The van der Waals surface area contributed by atoms with Gasteiger partial charge in [-0.1, -0.05) is 12.8 Å². The Morgan fingerprint density at radius 3 is 2.67 bits per heavy atom. The number of nitrogens with two attached hydrogens (primary N) is 1. The predicted octanol–water partition coefficient (Wildman–Crippen LogP) is 3.11. The van der Waals surface area contributed by atoms with Crippen LogP contribution in [0.1, 0.15) is 37.3 Å². The highest BCUT2D eigenvalue weighted by molar-refractivity contribution is 5.63. The van der Waals surface area contributed by atoms with Crippen molar-refractivity contribution < 1.29 is 9.47 Å². The Kier molecular flexibility index (Phi) is 2.91. The van der Waals surface area contributed by atoms with Crippen molar-refractivity contribution >= 4 is 5.82 Å². The molecular weight excluding hydrogens is 266 g/mol. The SMILES string of the molecule is Nc1cc(C2CCCC2)nc(-c2ccc3c(c2)OCO3)n1. The third-order valence-electron chi connectivity index (χ3n) is 4.17. The van der Waals surface area contributed by atoms with Crippen molar-refractivity contribution in [1.82, 2.24) is 9.97 Å². The van der Waals surface area contributed by atoms with Gasteiger partial charge in [-0.2, -0.15) is 0 Å². The summed E-state index contributed by atoms with van der Waals surface area (Å²) < 4.78 is 10.7. The summed E-state index contributed by atoms with van der Waals surface area (Å²) in [6.45, 7) is 0.268. The molecule has 21 heavy (non-hydrogen) atoms. The van der Waals surface area contributed by atoms with Crippen LogP contribution in [0.3, 0.4) is 0 Å². The normalized spacial score (nSPS) is 17.3. The summed E-state index contributed by atoms with van der Waals surface area (Å²) in [7, 11) is 0. The summed E-state index contributed by atoms with van der Waals surface area (Å²) in [5.41, 5.74) is 7.94. The van der Waals surface area contributed by atoms with Gasteiger partial charge in [0, 0.05) is 23.2 Å². The molecule has 0 unspecified atom stereocenters. The average molecular weight is 283 g/mol. The molecular formula is C16H17N3O2. The summed E-state index contributed by atoms with van der Waals surface area (Å²) in [6.07, 6.45) is 4.93. The molecule has 2 aliphatic rings. The molecule has 2 heterocycles. The Hall–Kier alpha value is -2.30. The fraction of sp³-hybridized carbons (Fsp3) is 0.375. The zero-order valence-electron chi connectivity index (χ0n) is 11.7. The summed E-state index contributed by atoms with van der Waals surface area (Å²) in [6, 6.07) is 7.65. The summed E-state index contributed by atoms with van der Waals surface area (Å²) in [4.78, 5) is 9.10. The van der Waals surface area contributed by atoms with E-state index in [-0.39, 0.29) is 6.79 Å². The fourth-order valence-corrected chi connectivity index (χ4v) is 3.08. The number of nitrogen functional groups attached to an aromatic ring is 1. The van der Waals surface area contributed by atoms with Gasteiger partial charge in [0.2, 0.25) is 6.79 Å². The second-order valence-electron chi connectivity index (χ2n) is 5.59. The maximum atomic E-state index is 5.97. The Morgan fingerprint density at radius 1 is 1.00 bits per heavy atom. The van der Waals surface area contributed by atoms with Gasteiger partial charge >= 0.3 is 0 Å². The molecule has 0 amide bonds. The van der Waals surface area contributed by atoms with Gasteiger partial charge in [0.25, 0.3) is 0 Å². The lowest BCUT2D eigenvalue weighted by molar-refractivity contribution is 0.174. The van der Waals surface area contributed by atoms with Gasteiger partial charge in [-0.15, -0.1) is 0 Å². The van der Waals surface area contributed by atoms with Crippen LogP contribution in [0.5, 0.6) is 11.5 Å². The Morgan fingerprint density at radius 2 is 1.81 bits per heavy atom. The molecule has 2 N–H and O–H groups in total. The van der Waals surface area contributed by atoms with E-state index in [4.69, 9.17) is 20.2 Å². The molecule has 1 aromatic heterocycles. The summed E-state index contributed by atoms with van der Waals surface area (Å²) >= 11 is 0. The van der Waals surface area contributed by atoms with E-state index < -0.39 is 0 Å². The minimum Gasteiger partial charge on any atom is -0.454 e. The molecule has 1 aliphatic carbocycles. The molecule has 0 radical (unpaired) electrons. The van der Waals surface area contributed by atoms with Crippen molar-refractivity contribution in [3.8, 4) is 22.9 Å². The molecule has 1 aromatic carbocycles. The number of hydrogen-bond acceptors (Lipinski definition) is 5. The maximum absolute atomic E-state index is 5.97. The first kappa shape index (κ1) is 12.4. The van der Waals surface area contributed by atoms with E-state index in [1.165, 1.54) is 25.7 Å². The van der Waals surface area contributed by atoms with Gasteiger partial charge in [-0.05, 0) is 31.0 Å². The number of hydrogen-bond donors (Lipinski definition) is 1. The van der Waals surface area contributed by atoms with Gasteiger partial charge in [0.05, 0.1) is 0 Å². The lowest BCUT2D eigenvalue weighted by Crippen LogP contribution is -2.03. The molecule has 5 heteroatoms. The molecule has 5 nitrogen and oxygen atoms in total. The number of benzene rings is 1. The van der Waals surface area contributed by atoms with Crippen LogP contribution in [0.2, 0.25) is 0 Å². The average Bonchev–Trinajstić information content (AvgIpc) is 3.17. The lowest BCUT2D eigenvalue weighted by atomic mass is 10.0. The topological polar surface area (TPSA) is 70.3 Å². The van der Waals surface area contributed by atoms with Crippen molar-refractivity contribution in [3.05, 3.63) is 30.0 Å². The molecule has 1 saturated carbocycles. The van der Waals surface area contributed by atoms with E-state index in [0.717, 1.165) is 22.8 Å². The number of ether oxygens (including phenoxy) is 2. The van der Waals surface area contributed by atoms with E-state index in [0.29, 0.717) is 17.6 Å². The van der Waals surface area contributed by atoms with E-state index in [9.17, 15) is 0 Å². The Balaban J connectivity index is 1.74. The number of fused-ring (bicyclic) bond motifs is 1. The number of anilines is 1. The van der Waals surface area contributed by atoms with Crippen molar-refractivity contribution in [2.24, 2.45) is 0 Å². The van der Waals surface area contributed by atoms with E-state index in [2.05, 4.69) is 4.98 Å². The summed E-state index contributed by atoms with van der Waals surface area (Å²) in [5, 5.41) is 0. The lowest BCUT2D eigenvalue weighted by Gasteiger charge is -2.11. The van der Waals surface area contributed by atoms with Crippen LogP contribution < -0.4 is 15.2 Å². The highest BCUT2D eigenvalue weighted by Gasteiger charge is 2.21. The second-order valence-corrected chi connectivity index (χ2v) is 5.59. The third-order valence-corrected chi connectivity index (χ3v) is 4.17.